The first kappa shape index (κ1) is 12.5. The SMILES string of the molecule is Nc1cnc2c(C(F)(F)F)cnn2c1-c1ccccc1. The largest absolute Gasteiger partial charge is 0.421 e. The number of hydrogen-bond acceptors (Lipinski definition) is 3. The number of fused-ring (bicyclic) bond motifs is 1. The highest BCUT2D eigenvalue weighted by Crippen LogP contribution is 2.34. The van der Waals surface area contributed by atoms with Gasteiger partial charge in [0.05, 0.1) is 23.8 Å². The number of anilines is 1. The molecule has 0 saturated carbocycles. The summed E-state index contributed by atoms with van der Waals surface area (Å²) in [7, 11) is 0. The Hall–Kier alpha value is -2.57. The molecule has 0 aliphatic carbocycles. The lowest BCUT2D eigenvalue weighted by Crippen LogP contribution is -2.07. The van der Waals surface area contributed by atoms with Crippen molar-refractivity contribution in [1.29, 1.82) is 0 Å². The minimum Gasteiger partial charge on any atom is -0.396 e. The number of nitrogens with two attached hydrogens (primary N) is 1. The second-order valence-electron chi connectivity index (χ2n) is 4.22. The first-order chi connectivity index (χ1) is 9.48. The maximum Gasteiger partial charge on any atom is 0.421 e. The second-order valence-corrected chi connectivity index (χ2v) is 4.22. The molecule has 3 aromatic rings. The molecule has 3 rings (SSSR count). The fourth-order valence-electron chi connectivity index (χ4n) is 2.03. The summed E-state index contributed by atoms with van der Waals surface area (Å²) in [5.41, 5.74) is 6.03. The molecule has 20 heavy (non-hydrogen) atoms. The standard InChI is InChI=1S/C13H9F3N4/c14-13(15,16)9-6-19-20-11(8-4-2-1-3-5-8)10(17)7-18-12(9)20/h1-7H,17H2. The van der Waals surface area contributed by atoms with E-state index in [1.54, 1.807) is 24.3 Å². The minimum atomic E-state index is -4.50. The number of nitrogens with zero attached hydrogens (tertiary/aromatic N) is 3. The summed E-state index contributed by atoms with van der Waals surface area (Å²) in [4.78, 5) is 3.75. The number of halogens is 3. The summed E-state index contributed by atoms with van der Waals surface area (Å²) < 4.78 is 39.7. The molecule has 0 saturated heterocycles. The monoisotopic (exact) mass is 278 g/mol. The summed E-state index contributed by atoms with van der Waals surface area (Å²) in [6, 6.07) is 8.85. The van der Waals surface area contributed by atoms with Crippen molar-refractivity contribution in [1.82, 2.24) is 14.6 Å². The molecule has 7 heteroatoms. The summed E-state index contributed by atoms with van der Waals surface area (Å²) >= 11 is 0. The van der Waals surface area contributed by atoms with Crippen LogP contribution < -0.4 is 5.73 Å². The highest BCUT2D eigenvalue weighted by molar-refractivity contribution is 5.75. The fourth-order valence-corrected chi connectivity index (χ4v) is 2.03. The topological polar surface area (TPSA) is 56.2 Å². The number of alkyl halides is 3. The van der Waals surface area contributed by atoms with E-state index in [1.807, 2.05) is 6.07 Å². The van der Waals surface area contributed by atoms with Gasteiger partial charge in [-0.25, -0.2) is 9.50 Å². The molecule has 102 valence electrons. The predicted molar refractivity (Wildman–Crippen MR) is 67.8 cm³/mol. The number of hydrogen-bond donors (Lipinski definition) is 1. The molecule has 0 fully saturated rings. The van der Waals surface area contributed by atoms with Gasteiger partial charge < -0.3 is 5.73 Å². The second kappa shape index (κ2) is 4.22. The number of benzene rings is 1. The first-order valence-electron chi connectivity index (χ1n) is 5.73. The van der Waals surface area contributed by atoms with E-state index in [0.29, 0.717) is 11.3 Å². The van der Waals surface area contributed by atoms with Gasteiger partial charge >= 0.3 is 6.18 Å². The van der Waals surface area contributed by atoms with Gasteiger partial charge in [0.1, 0.15) is 5.56 Å². The van der Waals surface area contributed by atoms with Gasteiger partial charge in [-0.15, -0.1) is 0 Å². The van der Waals surface area contributed by atoms with Crippen LogP contribution in [-0.2, 0) is 6.18 Å². The molecule has 4 nitrogen and oxygen atoms in total. The summed E-state index contributed by atoms with van der Waals surface area (Å²) in [6.45, 7) is 0. The van der Waals surface area contributed by atoms with Gasteiger partial charge in [-0.3, -0.25) is 0 Å². The Bertz CT molecular complexity index is 762. The molecule has 0 unspecified atom stereocenters. The summed E-state index contributed by atoms with van der Waals surface area (Å²) in [5, 5.41) is 3.78. The van der Waals surface area contributed by atoms with Gasteiger partial charge in [0.25, 0.3) is 0 Å². The van der Waals surface area contributed by atoms with Crippen molar-refractivity contribution in [2.75, 3.05) is 5.73 Å². The van der Waals surface area contributed by atoms with Gasteiger partial charge in [-0.1, -0.05) is 30.3 Å². The Morgan fingerprint density at radius 1 is 1.05 bits per heavy atom. The quantitative estimate of drug-likeness (QED) is 0.744. The van der Waals surface area contributed by atoms with Crippen LogP contribution >= 0.6 is 0 Å². The Labute approximate surface area is 111 Å². The van der Waals surface area contributed by atoms with Crippen LogP contribution in [0.1, 0.15) is 5.56 Å². The minimum absolute atomic E-state index is 0.259. The van der Waals surface area contributed by atoms with Crippen molar-refractivity contribution >= 4 is 11.3 Å². The molecule has 0 amide bonds. The summed E-state index contributed by atoms with van der Waals surface area (Å²) in [5.74, 6) is 0. The lowest BCUT2D eigenvalue weighted by molar-refractivity contribution is -0.136. The van der Waals surface area contributed by atoms with Crippen LogP contribution in [0, 0.1) is 0 Å². The third-order valence-electron chi connectivity index (χ3n) is 2.91. The maximum absolute atomic E-state index is 12.9. The Balaban J connectivity index is 2.33. The lowest BCUT2D eigenvalue weighted by Gasteiger charge is -2.09. The zero-order valence-corrected chi connectivity index (χ0v) is 10.1. The molecule has 0 aliphatic rings. The Morgan fingerprint density at radius 2 is 1.75 bits per heavy atom. The average molecular weight is 278 g/mol. The Kier molecular flexibility index (Phi) is 2.63. The van der Waals surface area contributed by atoms with E-state index in [9.17, 15) is 13.2 Å². The van der Waals surface area contributed by atoms with Crippen LogP contribution in [0.3, 0.4) is 0 Å². The van der Waals surface area contributed by atoms with Gasteiger partial charge in [0, 0.05) is 5.56 Å². The maximum atomic E-state index is 12.9. The molecule has 1 aromatic carbocycles. The molecule has 0 aliphatic heterocycles. The molecule has 0 radical (unpaired) electrons. The third-order valence-corrected chi connectivity index (χ3v) is 2.91. The van der Waals surface area contributed by atoms with Gasteiger partial charge in [0.15, 0.2) is 5.65 Å². The number of aromatic nitrogens is 3. The molecule has 2 aromatic heterocycles. The first-order valence-corrected chi connectivity index (χ1v) is 5.73. The van der Waals surface area contributed by atoms with E-state index in [1.165, 1.54) is 6.20 Å². The molecular formula is C13H9F3N4. The van der Waals surface area contributed by atoms with Gasteiger partial charge in [0.2, 0.25) is 0 Å². The van der Waals surface area contributed by atoms with Crippen LogP contribution in [0.15, 0.2) is 42.7 Å². The Morgan fingerprint density at radius 3 is 2.40 bits per heavy atom. The fraction of sp³-hybridized carbons (Fsp3) is 0.0769. The normalized spacial score (nSPS) is 11.9. The lowest BCUT2D eigenvalue weighted by atomic mass is 10.1. The van der Waals surface area contributed by atoms with E-state index >= 15 is 0 Å². The smallest absolute Gasteiger partial charge is 0.396 e. The van der Waals surface area contributed by atoms with Crippen molar-refractivity contribution in [3.63, 3.8) is 0 Å². The molecular weight excluding hydrogens is 269 g/mol. The molecule has 0 bridgehead atoms. The number of nitrogen functional groups attached to an aromatic ring is 1. The van der Waals surface area contributed by atoms with Crippen LogP contribution in [0.2, 0.25) is 0 Å². The van der Waals surface area contributed by atoms with Crippen LogP contribution in [0.25, 0.3) is 16.9 Å². The predicted octanol–water partition coefficient (Wildman–Crippen LogP) is 3.00. The van der Waals surface area contributed by atoms with E-state index in [2.05, 4.69) is 10.1 Å². The van der Waals surface area contributed by atoms with Crippen molar-refractivity contribution in [3.8, 4) is 11.3 Å². The van der Waals surface area contributed by atoms with Crippen molar-refractivity contribution in [2.24, 2.45) is 0 Å². The van der Waals surface area contributed by atoms with Crippen LogP contribution in [0.4, 0.5) is 18.9 Å². The highest BCUT2D eigenvalue weighted by atomic mass is 19.4. The van der Waals surface area contributed by atoms with Gasteiger partial charge in [-0.2, -0.15) is 18.3 Å². The van der Waals surface area contributed by atoms with Crippen molar-refractivity contribution in [3.05, 3.63) is 48.3 Å². The number of rotatable bonds is 1. The highest BCUT2D eigenvalue weighted by Gasteiger charge is 2.35. The molecule has 2 heterocycles. The van der Waals surface area contributed by atoms with Crippen LogP contribution in [-0.4, -0.2) is 14.6 Å². The molecule has 0 spiro atoms. The summed E-state index contributed by atoms with van der Waals surface area (Å²) in [6.07, 6.45) is -2.53. The van der Waals surface area contributed by atoms with E-state index < -0.39 is 11.7 Å². The van der Waals surface area contributed by atoms with Crippen LogP contribution in [0.5, 0.6) is 0 Å². The van der Waals surface area contributed by atoms with E-state index in [4.69, 9.17) is 5.73 Å². The van der Waals surface area contributed by atoms with Gasteiger partial charge in [-0.05, 0) is 0 Å². The zero-order chi connectivity index (χ0) is 14.3. The van der Waals surface area contributed by atoms with Crippen molar-refractivity contribution in [2.45, 2.75) is 6.18 Å². The average Bonchev–Trinajstić information content (AvgIpc) is 2.83. The van der Waals surface area contributed by atoms with Crippen molar-refractivity contribution < 1.29 is 13.2 Å². The van der Waals surface area contributed by atoms with E-state index in [0.717, 1.165) is 10.7 Å². The molecule has 0 atom stereocenters. The molecule has 2 N–H and O–H groups in total. The third kappa shape index (κ3) is 1.87. The van der Waals surface area contributed by atoms with E-state index in [-0.39, 0.29) is 11.3 Å². The zero-order valence-electron chi connectivity index (χ0n) is 10.1.